The van der Waals surface area contributed by atoms with Crippen LogP contribution in [0.25, 0.3) is 0 Å². The van der Waals surface area contributed by atoms with Crippen LogP contribution in [0.1, 0.15) is 31.9 Å². The number of carboxylic acid groups (broad SMARTS) is 1. The molecule has 1 aromatic carbocycles. The van der Waals surface area contributed by atoms with E-state index in [9.17, 15) is 4.79 Å². The number of carbonyl (C=O) groups is 1. The molecule has 0 spiro atoms. The summed E-state index contributed by atoms with van der Waals surface area (Å²) in [4.78, 5) is 11.2. The summed E-state index contributed by atoms with van der Waals surface area (Å²) in [6.07, 6.45) is -0.279. The first-order valence-corrected chi connectivity index (χ1v) is 5.91. The van der Waals surface area contributed by atoms with Crippen molar-refractivity contribution in [3.05, 3.63) is 35.9 Å². The average molecular weight is 252 g/mol. The Morgan fingerprint density at radius 1 is 1.33 bits per heavy atom. The summed E-state index contributed by atoms with van der Waals surface area (Å²) in [6.45, 7) is 4.22. The van der Waals surface area contributed by atoms with Gasteiger partial charge >= 0.3 is 5.97 Å². The van der Waals surface area contributed by atoms with E-state index in [-0.39, 0.29) is 5.60 Å². The fourth-order valence-corrected chi connectivity index (χ4v) is 1.46. The number of carboxylic acids is 1. The van der Waals surface area contributed by atoms with E-state index in [0.29, 0.717) is 18.6 Å². The Morgan fingerprint density at radius 2 is 1.94 bits per heavy atom. The first-order chi connectivity index (χ1) is 8.46. The van der Waals surface area contributed by atoms with Crippen LogP contribution in [0.4, 0.5) is 0 Å². The third-order valence-electron chi connectivity index (χ3n) is 2.87. The lowest BCUT2D eigenvalue weighted by molar-refractivity contribution is -0.152. The van der Waals surface area contributed by atoms with Crippen molar-refractivity contribution in [2.45, 2.75) is 32.0 Å². The van der Waals surface area contributed by atoms with E-state index in [1.807, 2.05) is 19.9 Å². The fraction of sp³-hybridized carbons (Fsp3) is 0.500. The van der Waals surface area contributed by atoms with Crippen molar-refractivity contribution in [3.8, 4) is 0 Å². The maximum Gasteiger partial charge on any atom is 0.337 e. The molecule has 0 aliphatic heterocycles. The molecule has 1 unspecified atom stereocenters. The molecule has 1 aromatic rings. The van der Waals surface area contributed by atoms with Crippen molar-refractivity contribution in [2.75, 3.05) is 13.7 Å². The molecule has 0 saturated carbocycles. The number of hydrogen-bond donors (Lipinski definition) is 1. The lowest BCUT2D eigenvalue weighted by Gasteiger charge is -2.23. The first-order valence-electron chi connectivity index (χ1n) is 5.91. The van der Waals surface area contributed by atoms with Gasteiger partial charge in [0.05, 0.1) is 12.2 Å². The second-order valence-electron chi connectivity index (χ2n) is 4.71. The van der Waals surface area contributed by atoms with E-state index in [1.54, 1.807) is 31.4 Å². The van der Waals surface area contributed by atoms with Gasteiger partial charge in [-0.05, 0) is 25.8 Å². The fourth-order valence-electron chi connectivity index (χ4n) is 1.46. The third-order valence-corrected chi connectivity index (χ3v) is 2.87. The lowest BCUT2D eigenvalue weighted by Crippen LogP contribution is -2.26. The summed E-state index contributed by atoms with van der Waals surface area (Å²) in [5, 5.41) is 9.16. The molecule has 4 heteroatoms. The number of aliphatic carboxylic acids is 1. The van der Waals surface area contributed by atoms with Crippen molar-refractivity contribution in [1.29, 1.82) is 0 Å². The van der Waals surface area contributed by atoms with Gasteiger partial charge in [-0.15, -0.1) is 0 Å². The minimum absolute atomic E-state index is 0.306. The van der Waals surface area contributed by atoms with E-state index in [1.165, 1.54) is 0 Å². The van der Waals surface area contributed by atoms with Gasteiger partial charge in [0.15, 0.2) is 6.10 Å². The third kappa shape index (κ3) is 4.47. The van der Waals surface area contributed by atoms with E-state index in [0.717, 1.165) is 0 Å². The zero-order valence-corrected chi connectivity index (χ0v) is 11.1. The number of benzene rings is 1. The molecule has 0 aliphatic carbocycles. The number of methoxy groups -OCH3 is 1. The minimum atomic E-state index is -0.976. The Morgan fingerprint density at radius 3 is 2.44 bits per heavy atom. The molecular weight excluding hydrogens is 232 g/mol. The smallest absolute Gasteiger partial charge is 0.337 e. The van der Waals surface area contributed by atoms with Gasteiger partial charge in [-0.25, -0.2) is 4.79 Å². The summed E-state index contributed by atoms with van der Waals surface area (Å²) in [5.74, 6) is -0.976. The summed E-state index contributed by atoms with van der Waals surface area (Å²) < 4.78 is 10.7. The molecule has 0 amide bonds. The van der Waals surface area contributed by atoms with Gasteiger partial charge in [-0.1, -0.05) is 30.3 Å². The molecule has 0 fully saturated rings. The van der Waals surface area contributed by atoms with Crippen LogP contribution in [0.3, 0.4) is 0 Å². The number of rotatable bonds is 7. The Balaban J connectivity index is 2.58. The predicted molar refractivity (Wildman–Crippen MR) is 68.5 cm³/mol. The lowest BCUT2D eigenvalue weighted by atomic mass is 10.1. The molecule has 1 rings (SSSR count). The molecule has 18 heavy (non-hydrogen) atoms. The van der Waals surface area contributed by atoms with E-state index >= 15 is 0 Å². The molecule has 0 saturated heterocycles. The van der Waals surface area contributed by atoms with Crippen LogP contribution >= 0.6 is 0 Å². The van der Waals surface area contributed by atoms with Crippen LogP contribution in [-0.2, 0) is 14.3 Å². The van der Waals surface area contributed by atoms with Crippen molar-refractivity contribution in [1.82, 2.24) is 0 Å². The van der Waals surface area contributed by atoms with Gasteiger partial charge in [0.25, 0.3) is 0 Å². The van der Waals surface area contributed by atoms with Gasteiger partial charge in [0.1, 0.15) is 0 Å². The van der Waals surface area contributed by atoms with E-state index < -0.39 is 12.1 Å². The second-order valence-corrected chi connectivity index (χ2v) is 4.71. The van der Waals surface area contributed by atoms with E-state index in [4.69, 9.17) is 14.6 Å². The van der Waals surface area contributed by atoms with Crippen molar-refractivity contribution in [3.63, 3.8) is 0 Å². The van der Waals surface area contributed by atoms with Crippen molar-refractivity contribution in [2.24, 2.45) is 0 Å². The molecular formula is C14H20O4. The molecule has 0 aromatic heterocycles. The maximum absolute atomic E-state index is 11.2. The molecule has 0 radical (unpaired) electrons. The van der Waals surface area contributed by atoms with Crippen LogP contribution in [0, 0.1) is 0 Å². The standard InChI is InChI=1S/C14H20O4/c1-14(2,17-3)9-10-18-12(13(15)16)11-7-5-4-6-8-11/h4-8,12H,9-10H2,1-3H3,(H,15,16). The molecule has 1 N–H and O–H groups in total. The van der Waals surface area contributed by atoms with Gasteiger partial charge in [-0.2, -0.15) is 0 Å². The molecule has 1 atom stereocenters. The van der Waals surface area contributed by atoms with Crippen molar-refractivity contribution < 1.29 is 19.4 Å². The Kier molecular flexibility index (Phi) is 5.31. The Labute approximate surface area is 108 Å². The average Bonchev–Trinajstić information content (AvgIpc) is 2.35. The second kappa shape index (κ2) is 6.52. The quantitative estimate of drug-likeness (QED) is 0.810. The monoisotopic (exact) mass is 252 g/mol. The largest absolute Gasteiger partial charge is 0.479 e. The topological polar surface area (TPSA) is 55.8 Å². The molecule has 0 aliphatic rings. The zero-order valence-electron chi connectivity index (χ0n) is 11.1. The van der Waals surface area contributed by atoms with Crippen LogP contribution in [0.5, 0.6) is 0 Å². The normalized spacial score (nSPS) is 13.3. The minimum Gasteiger partial charge on any atom is -0.479 e. The van der Waals surface area contributed by atoms with Gasteiger partial charge in [-0.3, -0.25) is 0 Å². The Hall–Kier alpha value is -1.39. The SMILES string of the molecule is COC(C)(C)CCOC(C(=O)O)c1ccccc1. The molecule has 0 heterocycles. The van der Waals surface area contributed by atoms with Crippen LogP contribution in [0.2, 0.25) is 0 Å². The van der Waals surface area contributed by atoms with Gasteiger partial charge in [0.2, 0.25) is 0 Å². The van der Waals surface area contributed by atoms with Crippen LogP contribution in [-0.4, -0.2) is 30.4 Å². The van der Waals surface area contributed by atoms with Gasteiger partial charge in [0, 0.05) is 7.11 Å². The van der Waals surface area contributed by atoms with Crippen LogP contribution < -0.4 is 0 Å². The van der Waals surface area contributed by atoms with Crippen molar-refractivity contribution >= 4 is 5.97 Å². The number of hydrogen-bond acceptors (Lipinski definition) is 3. The first kappa shape index (κ1) is 14.7. The zero-order chi connectivity index (χ0) is 13.6. The Bertz CT molecular complexity index is 373. The molecule has 0 bridgehead atoms. The molecule has 100 valence electrons. The summed E-state index contributed by atoms with van der Waals surface area (Å²) in [7, 11) is 1.63. The highest BCUT2D eigenvalue weighted by atomic mass is 16.5. The van der Waals surface area contributed by atoms with Gasteiger partial charge < -0.3 is 14.6 Å². The summed E-state index contributed by atoms with van der Waals surface area (Å²) in [5.41, 5.74) is 0.347. The summed E-state index contributed by atoms with van der Waals surface area (Å²) >= 11 is 0. The predicted octanol–water partition coefficient (Wildman–Crippen LogP) is 2.64. The van der Waals surface area contributed by atoms with Crippen LogP contribution in [0.15, 0.2) is 30.3 Å². The molecule has 4 nitrogen and oxygen atoms in total. The highest BCUT2D eigenvalue weighted by molar-refractivity contribution is 5.74. The highest BCUT2D eigenvalue weighted by Crippen LogP contribution is 2.20. The highest BCUT2D eigenvalue weighted by Gasteiger charge is 2.22. The summed E-state index contributed by atoms with van der Waals surface area (Å²) in [6, 6.07) is 8.94. The van der Waals surface area contributed by atoms with E-state index in [2.05, 4.69) is 0 Å². The maximum atomic E-state index is 11.2. The number of ether oxygens (including phenoxy) is 2.